The van der Waals surface area contributed by atoms with Crippen molar-refractivity contribution in [2.45, 2.75) is 6.92 Å². The topological polar surface area (TPSA) is 91.7 Å². The first kappa shape index (κ1) is 13.2. The van der Waals surface area contributed by atoms with Gasteiger partial charge in [0.1, 0.15) is 0 Å². The molecular weight excluding hydrogens is 248 g/mol. The molecule has 5 nitrogen and oxygen atoms in total. The number of carboxylic acids is 2. The van der Waals surface area contributed by atoms with Crippen LogP contribution >= 0.6 is 11.6 Å². The van der Waals surface area contributed by atoms with Crippen molar-refractivity contribution in [3.8, 4) is 0 Å². The molecule has 0 amide bonds. The molecule has 17 heavy (non-hydrogen) atoms. The summed E-state index contributed by atoms with van der Waals surface area (Å²) in [6, 6.07) is 2.37. The zero-order valence-electron chi connectivity index (χ0n) is 8.86. The molecule has 0 aliphatic carbocycles. The molecule has 90 valence electrons. The lowest BCUT2D eigenvalue weighted by atomic mass is 9.95. The number of hydrogen-bond donors (Lipinski definition) is 2. The zero-order valence-corrected chi connectivity index (χ0v) is 9.61. The van der Waals surface area contributed by atoms with Crippen LogP contribution in [0.5, 0.6) is 0 Å². The summed E-state index contributed by atoms with van der Waals surface area (Å²) in [6.07, 6.45) is 0. The van der Waals surface area contributed by atoms with E-state index in [4.69, 9.17) is 21.8 Å². The van der Waals surface area contributed by atoms with Gasteiger partial charge in [0.25, 0.3) is 0 Å². The van der Waals surface area contributed by atoms with E-state index in [1.165, 1.54) is 19.1 Å². The van der Waals surface area contributed by atoms with E-state index in [-0.39, 0.29) is 28.1 Å². The molecule has 0 spiro atoms. The van der Waals surface area contributed by atoms with Gasteiger partial charge in [0, 0.05) is 5.56 Å². The molecule has 0 aliphatic rings. The second-order valence-corrected chi connectivity index (χ2v) is 3.60. The van der Waals surface area contributed by atoms with Gasteiger partial charge in [0.2, 0.25) is 0 Å². The zero-order chi connectivity index (χ0) is 13.2. The molecule has 0 unspecified atom stereocenters. The van der Waals surface area contributed by atoms with E-state index in [0.29, 0.717) is 0 Å². The highest BCUT2D eigenvalue weighted by Gasteiger charge is 2.22. The van der Waals surface area contributed by atoms with Gasteiger partial charge in [0.15, 0.2) is 5.78 Å². The average Bonchev–Trinajstić information content (AvgIpc) is 2.26. The van der Waals surface area contributed by atoms with Crippen molar-refractivity contribution in [2.75, 3.05) is 5.88 Å². The van der Waals surface area contributed by atoms with Gasteiger partial charge in [-0.1, -0.05) is 0 Å². The van der Waals surface area contributed by atoms with Crippen LogP contribution in [0.25, 0.3) is 0 Å². The molecule has 0 fully saturated rings. The third-order valence-electron chi connectivity index (χ3n) is 2.33. The van der Waals surface area contributed by atoms with Crippen molar-refractivity contribution in [2.24, 2.45) is 0 Å². The van der Waals surface area contributed by atoms with E-state index in [1.54, 1.807) is 0 Å². The number of carbonyl (C=O) groups is 3. The number of ketones is 1. The average molecular weight is 257 g/mol. The van der Waals surface area contributed by atoms with E-state index in [9.17, 15) is 14.4 Å². The molecule has 2 N–H and O–H groups in total. The number of Topliss-reactive ketones (excluding diaryl/α,β-unsaturated/α-hetero) is 1. The van der Waals surface area contributed by atoms with Gasteiger partial charge in [-0.2, -0.15) is 0 Å². The number of hydrogen-bond acceptors (Lipinski definition) is 3. The fourth-order valence-corrected chi connectivity index (χ4v) is 1.67. The van der Waals surface area contributed by atoms with Gasteiger partial charge in [-0.3, -0.25) is 4.79 Å². The summed E-state index contributed by atoms with van der Waals surface area (Å²) in [7, 11) is 0. The number of carboxylic acid groups (broad SMARTS) is 2. The molecule has 0 aliphatic heterocycles. The Balaban J connectivity index is 3.56. The molecule has 0 aromatic heterocycles. The lowest BCUT2D eigenvalue weighted by Gasteiger charge is -2.09. The third kappa shape index (κ3) is 2.45. The Labute approximate surface area is 102 Å². The van der Waals surface area contributed by atoms with Crippen molar-refractivity contribution < 1.29 is 24.6 Å². The lowest BCUT2D eigenvalue weighted by Crippen LogP contribution is -2.14. The maximum atomic E-state index is 11.4. The van der Waals surface area contributed by atoms with Gasteiger partial charge >= 0.3 is 11.9 Å². The van der Waals surface area contributed by atoms with Gasteiger partial charge in [-0.25, -0.2) is 9.59 Å². The van der Waals surface area contributed by atoms with Crippen LogP contribution in [0.1, 0.15) is 36.6 Å². The summed E-state index contributed by atoms with van der Waals surface area (Å²) < 4.78 is 0. The molecule has 0 radical (unpaired) electrons. The molecular formula is C11H9ClO5. The van der Waals surface area contributed by atoms with Crippen LogP contribution in [-0.2, 0) is 0 Å². The monoisotopic (exact) mass is 256 g/mol. The van der Waals surface area contributed by atoms with Crippen LogP contribution < -0.4 is 0 Å². The van der Waals surface area contributed by atoms with E-state index in [2.05, 4.69) is 0 Å². The number of carbonyl (C=O) groups excluding carboxylic acids is 1. The van der Waals surface area contributed by atoms with Crippen LogP contribution in [-0.4, -0.2) is 33.8 Å². The van der Waals surface area contributed by atoms with E-state index >= 15 is 0 Å². The predicted molar refractivity (Wildman–Crippen MR) is 60.1 cm³/mol. The van der Waals surface area contributed by atoms with Crippen LogP contribution in [0, 0.1) is 6.92 Å². The van der Waals surface area contributed by atoms with Crippen LogP contribution in [0.3, 0.4) is 0 Å². The predicted octanol–water partition coefficient (Wildman–Crippen LogP) is 1.81. The first-order valence-corrected chi connectivity index (χ1v) is 5.13. The van der Waals surface area contributed by atoms with E-state index < -0.39 is 17.7 Å². The van der Waals surface area contributed by atoms with E-state index in [1.807, 2.05) is 0 Å². The quantitative estimate of drug-likeness (QED) is 0.633. The van der Waals surface area contributed by atoms with E-state index in [0.717, 1.165) is 0 Å². The molecule has 0 saturated heterocycles. The van der Waals surface area contributed by atoms with Gasteiger partial charge < -0.3 is 10.2 Å². The SMILES string of the molecule is Cc1c(C(=O)O)ccc(C(=O)CCl)c1C(=O)O. The fraction of sp³-hybridized carbons (Fsp3) is 0.182. The van der Waals surface area contributed by atoms with Crippen LogP contribution in [0.2, 0.25) is 0 Å². The minimum absolute atomic E-state index is 0.0426. The minimum atomic E-state index is -1.35. The molecule has 1 aromatic carbocycles. The van der Waals surface area contributed by atoms with Crippen molar-refractivity contribution in [3.63, 3.8) is 0 Å². The molecule has 6 heteroatoms. The normalized spacial score (nSPS) is 10.0. The Hall–Kier alpha value is -1.88. The first-order chi connectivity index (χ1) is 7.90. The van der Waals surface area contributed by atoms with Crippen molar-refractivity contribution in [1.82, 2.24) is 0 Å². The number of benzene rings is 1. The second-order valence-electron chi connectivity index (χ2n) is 3.33. The number of halogens is 1. The summed E-state index contributed by atoms with van der Waals surface area (Å²) >= 11 is 5.36. The summed E-state index contributed by atoms with van der Waals surface area (Å²) in [5.74, 6) is -3.50. The maximum absolute atomic E-state index is 11.4. The first-order valence-electron chi connectivity index (χ1n) is 4.59. The number of alkyl halides is 1. The molecule has 0 bridgehead atoms. The standard InChI is InChI=1S/C11H9ClO5/c1-5-6(10(14)15)2-3-7(8(13)4-12)9(5)11(16)17/h2-3H,4H2,1H3,(H,14,15)(H,16,17). The number of aromatic carboxylic acids is 2. The Morgan fingerprint density at radius 3 is 2.06 bits per heavy atom. The molecule has 0 saturated carbocycles. The molecule has 1 aromatic rings. The summed E-state index contributed by atoms with van der Waals surface area (Å²) in [5.41, 5.74) is -0.486. The summed E-state index contributed by atoms with van der Waals surface area (Å²) in [4.78, 5) is 33.3. The highest BCUT2D eigenvalue weighted by Crippen LogP contribution is 2.20. The lowest BCUT2D eigenvalue weighted by molar-refractivity contribution is 0.0691. The Morgan fingerprint density at radius 1 is 1.12 bits per heavy atom. The van der Waals surface area contributed by atoms with Gasteiger partial charge in [-0.15, -0.1) is 11.6 Å². The molecule has 0 atom stereocenters. The maximum Gasteiger partial charge on any atom is 0.336 e. The van der Waals surface area contributed by atoms with Crippen molar-refractivity contribution in [1.29, 1.82) is 0 Å². The summed E-state index contributed by atoms with van der Waals surface area (Å²) in [6.45, 7) is 1.35. The summed E-state index contributed by atoms with van der Waals surface area (Å²) in [5, 5.41) is 17.9. The largest absolute Gasteiger partial charge is 0.478 e. The van der Waals surface area contributed by atoms with Gasteiger partial charge in [-0.05, 0) is 24.6 Å². The Bertz CT molecular complexity index is 507. The minimum Gasteiger partial charge on any atom is -0.478 e. The highest BCUT2D eigenvalue weighted by atomic mass is 35.5. The Kier molecular flexibility index (Phi) is 3.85. The Morgan fingerprint density at radius 2 is 1.65 bits per heavy atom. The fourth-order valence-electron chi connectivity index (χ4n) is 1.52. The van der Waals surface area contributed by atoms with Gasteiger partial charge in [0.05, 0.1) is 17.0 Å². The third-order valence-corrected chi connectivity index (χ3v) is 2.57. The smallest absolute Gasteiger partial charge is 0.336 e. The highest BCUT2D eigenvalue weighted by molar-refractivity contribution is 6.31. The van der Waals surface area contributed by atoms with Crippen molar-refractivity contribution >= 4 is 29.3 Å². The van der Waals surface area contributed by atoms with Crippen LogP contribution in [0.4, 0.5) is 0 Å². The van der Waals surface area contributed by atoms with Crippen molar-refractivity contribution in [3.05, 3.63) is 34.4 Å². The molecule has 0 heterocycles. The second kappa shape index (κ2) is 4.97. The van der Waals surface area contributed by atoms with Crippen LogP contribution in [0.15, 0.2) is 12.1 Å². The number of rotatable bonds is 4. The molecule has 1 rings (SSSR count).